The molecule has 0 N–H and O–H groups in total. The van der Waals surface area contributed by atoms with Crippen molar-refractivity contribution >= 4 is 21.7 Å². The molecule has 0 amide bonds. The van der Waals surface area contributed by atoms with Crippen LogP contribution in [0.1, 0.15) is 24.2 Å². The summed E-state index contributed by atoms with van der Waals surface area (Å²) in [7, 11) is 0. The van der Waals surface area contributed by atoms with Crippen LogP contribution < -0.4 is 9.47 Å². The number of halogens is 4. The van der Waals surface area contributed by atoms with Crippen molar-refractivity contribution in [3.63, 3.8) is 0 Å². The summed E-state index contributed by atoms with van der Waals surface area (Å²) >= 11 is 3.07. The van der Waals surface area contributed by atoms with Gasteiger partial charge in [-0.3, -0.25) is 4.79 Å². The van der Waals surface area contributed by atoms with Crippen molar-refractivity contribution in [3.8, 4) is 11.5 Å². The molecule has 0 saturated carbocycles. The molecule has 0 radical (unpaired) electrons. The molecular weight excluding hydrogens is 329 g/mol. The van der Waals surface area contributed by atoms with Crippen LogP contribution in [-0.2, 0) is 0 Å². The molecular formula is C12H12BrF3O3. The first kappa shape index (κ1) is 15.8. The van der Waals surface area contributed by atoms with E-state index in [9.17, 15) is 18.0 Å². The van der Waals surface area contributed by atoms with Crippen LogP contribution in [0.5, 0.6) is 11.5 Å². The van der Waals surface area contributed by atoms with E-state index in [-0.39, 0.29) is 23.7 Å². The molecule has 0 fully saturated rings. The van der Waals surface area contributed by atoms with E-state index < -0.39 is 16.9 Å². The van der Waals surface area contributed by atoms with Crippen LogP contribution in [0, 0.1) is 0 Å². The summed E-state index contributed by atoms with van der Waals surface area (Å²) < 4.78 is 45.5. The lowest BCUT2D eigenvalue weighted by Gasteiger charge is -2.13. The van der Waals surface area contributed by atoms with Gasteiger partial charge in [-0.1, -0.05) is 15.9 Å². The standard InChI is InChI=1S/C12H12BrF3O3/c1-3-18-9-4-8(11(17)7(2)13)5-10(6-9)19-12(14,15)16/h4-7H,3H2,1-2H3. The number of ether oxygens (including phenoxy) is 2. The highest BCUT2D eigenvalue weighted by atomic mass is 79.9. The fourth-order valence-corrected chi connectivity index (χ4v) is 1.65. The van der Waals surface area contributed by atoms with Gasteiger partial charge in [0.25, 0.3) is 0 Å². The highest BCUT2D eigenvalue weighted by Gasteiger charge is 2.31. The van der Waals surface area contributed by atoms with E-state index in [0.29, 0.717) is 0 Å². The lowest BCUT2D eigenvalue weighted by atomic mass is 10.1. The number of alkyl halides is 4. The van der Waals surface area contributed by atoms with Gasteiger partial charge in [0, 0.05) is 11.6 Å². The molecule has 0 aliphatic carbocycles. The molecule has 1 aromatic rings. The number of carbonyl (C=O) groups is 1. The molecule has 0 bridgehead atoms. The van der Waals surface area contributed by atoms with Crippen LogP contribution in [0.15, 0.2) is 18.2 Å². The topological polar surface area (TPSA) is 35.5 Å². The Kier molecular flexibility index (Phi) is 5.22. The Morgan fingerprint density at radius 3 is 2.37 bits per heavy atom. The summed E-state index contributed by atoms with van der Waals surface area (Å²) in [6.45, 7) is 3.54. The Morgan fingerprint density at radius 1 is 1.32 bits per heavy atom. The molecule has 7 heteroatoms. The van der Waals surface area contributed by atoms with Gasteiger partial charge in [0.1, 0.15) is 11.5 Å². The van der Waals surface area contributed by atoms with Crippen LogP contribution in [0.2, 0.25) is 0 Å². The van der Waals surface area contributed by atoms with Crippen molar-refractivity contribution < 1.29 is 27.4 Å². The van der Waals surface area contributed by atoms with E-state index in [4.69, 9.17) is 4.74 Å². The molecule has 0 aliphatic rings. The lowest BCUT2D eigenvalue weighted by Crippen LogP contribution is -2.18. The maximum absolute atomic E-state index is 12.2. The lowest BCUT2D eigenvalue weighted by molar-refractivity contribution is -0.274. The molecule has 1 unspecified atom stereocenters. The van der Waals surface area contributed by atoms with E-state index in [1.54, 1.807) is 13.8 Å². The second kappa shape index (κ2) is 6.27. The van der Waals surface area contributed by atoms with Gasteiger partial charge < -0.3 is 9.47 Å². The van der Waals surface area contributed by atoms with Crippen molar-refractivity contribution in [2.75, 3.05) is 6.61 Å². The Balaban J connectivity index is 3.14. The summed E-state index contributed by atoms with van der Waals surface area (Å²) in [6.07, 6.45) is -4.81. The molecule has 0 aromatic heterocycles. The van der Waals surface area contributed by atoms with Gasteiger partial charge in [0.05, 0.1) is 11.4 Å². The van der Waals surface area contributed by atoms with Crippen LogP contribution in [0.3, 0.4) is 0 Å². The normalized spacial score (nSPS) is 12.9. The molecule has 0 aliphatic heterocycles. The van der Waals surface area contributed by atoms with Crippen LogP contribution in [0.4, 0.5) is 13.2 Å². The Hall–Kier alpha value is -1.24. The van der Waals surface area contributed by atoms with Crippen LogP contribution >= 0.6 is 15.9 Å². The van der Waals surface area contributed by atoms with Crippen LogP contribution in [-0.4, -0.2) is 23.6 Å². The van der Waals surface area contributed by atoms with E-state index in [1.165, 1.54) is 6.07 Å². The second-order valence-corrected chi connectivity index (χ2v) is 5.03. The van der Waals surface area contributed by atoms with Gasteiger partial charge >= 0.3 is 6.36 Å². The number of hydrogen-bond donors (Lipinski definition) is 0. The van der Waals surface area contributed by atoms with Crippen molar-refractivity contribution in [2.45, 2.75) is 25.0 Å². The fraction of sp³-hybridized carbons (Fsp3) is 0.417. The van der Waals surface area contributed by atoms with Gasteiger partial charge in [0.15, 0.2) is 5.78 Å². The molecule has 0 spiro atoms. The largest absolute Gasteiger partial charge is 0.573 e. The van der Waals surface area contributed by atoms with Gasteiger partial charge in [-0.05, 0) is 26.0 Å². The maximum Gasteiger partial charge on any atom is 0.573 e. The number of carbonyl (C=O) groups excluding carboxylic acids is 1. The third-order valence-corrected chi connectivity index (χ3v) is 2.49. The molecule has 0 heterocycles. The monoisotopic (exact) mass is 340 g/mol. The molecule has 1 aromatic carbocycles. The zero-order valence-corrected chi connectivity index (χ0v) is 11.8. The van der Waals surface area contributed by atoms with Crippen molar-refractivity contribution in [1.29, 1.82) is 0 Å². The van der Waals surface area contributed by atoms with E-state index in [0.717, 1.165) is 12.1 Å². The minimum atomic E-state index is -4.81. The number of Topliss-reactive ketones (excluding diaryl/α,β-unsaturated/α-hetero) is 1. The van der Waals surface area contributed by atoms with Crippen LogP contribution in [0.25, 0.3) is 0 Å². The maximum atomic E-state index is 12.2. The average molecular weight is 341 g/mol. The number of benzene rings is 1. The molecule has 3 nitrogen and oxygen atoms in total. The van der Waals surface area contributed by atoms with Crippen molar-refractivity contribution in [3.05, 3.63) is 23.8 Å². The molecule has 19 heavy (non-hydrogen) atoms. The van der Waals surface area contributed by atoms with Gasteiger partial charge in [-0.25, -0.2) is 0 Å². The minimum absolute atomic E-state index is 0.0922. The van der Waals surface area contributed by atoms with Gasteiger partial charge in [0.2, 0.25) is 0 Å². The quantitative estimate of drug-likeness (QED) is 0.601. The smallest absolute Gasteiger partial charge is 0.494 e. The molecule has 106 valence electrons. The van der Waals surface area contributed by atoms with Crippen molar-refractivity contribution in [1.82, 2.24) is 0 Å². The van der Waals surface area contributed by atoms with Gasteiger partial charge in [-0.15, -0.1) is 13.2 Å². The Bertz CT molecular complexity index is 458. The number of hydrogen-bond acceptors (Lipinski definition) is 3. The number of ketones is 1. The summed E-state index contributed by atoms with van der Waals surface area (Å²) in [5.74, 6) is -0.677. The summed E-state index contributed by atoms with van der Waals surface area (Å²) in [4.78, 5) is 11.3. The summed E-state index contributed by atoms with van der Waals surface area (Å²) in [5.41, 5.74) is 0.0922. The SMILES string of the molecule is CCOc1cc(OC(F)(F)F)cc(C(=O)C(C)Br)c1. The molecule has 1 atom stereocenters. The minimum Gasteiger partial charge on any atom is -0.494 e. The first-order valence-electron chi connectivity index (χ1n) is 5.45. The predicted molar refractivity (Wildman–Crippen MR) is 67.0 cm³/mol. The predicted octanol–water partition coefficient (Wildman–Crippen LogP) is 3.95. The number of rotatable bonds is 5. The zero-order chi connectivity index (χ0) is 14.6. The van der Waals surface area contributed by atoms with E-state index >= 15 is 0 Å². The third kappa shape index (κ3) is 5.10. The highest BCUT2D eigenvalue weighted by molar-refractivity contribution is 9.10. The average Bonchev–Trinajstić information content (AvgIpc) is 2.25. The highest BCUT2D eigenvalue weighted by Crippen LogP contribution is 2.29. The van der Waals surface area contributed by atoms with Crippen molar-refractivity contribution in [2.24, 2.45) is 0 Å². The van der Waals surface area contributed by atoms with Gasteiger partial charge in [-0.2, -0.15) is 0 Å². The first-order chi connectivity index (χ1) is 8.73. The van der Waals surface area contributed by atoms with E-state index in [2.05, 4.69) is 20.7 Å². The fourth-order valence-electron chi connectivity index (χ4n) is 1.39. The molecule has 0 saturated heterocycles. The summed E-state index contributed by atoms with van der Waals surface area (Å²) in [6, 6.07) is 3.51. The Labute approximate surface area is 116 Å². The first-order valence-corrected chi connectivity index (χ1v) is 6.36. The second-order valence-electron chi connectivity index (χ2n) is 3.65. The summed E-state index contributed by atoms with van der Waals surface area (Å²) in [5, 5.41) is 0. The zero-order valence-electron chi connectivity index (χ0n) is 10.3. The Morgan fingerprint density at radius 2 is 1.89 bits per heavy atom. The molecule has 1 rings (SSSR count). The van der Waals surface area contributed by atoms with E-state index in [1.807, 2.05) is 0 Å². The third-order valence-electron chi connectivity index (χ3n) is 2.07.